The lowest BCUT2D eigenvalue weighted by molar-refractivity contribution is 0.0199. The fourth-order valence-corrected chi connectivity index (χ4v) is 2.52. The van der Waals surface area contributed by atoms with Gasteiger partial charge in [0.15, 0.2) is 0 Å². The Bertz CT molecular complexity index is 192. The molecule has 15 heavy (non-hydrogen) atoms. The van der Waals surface area contributed by atoms with Crippen LogP contribution in [0.25, 0.3) is 0 Å². The molecule has 0 spiro atoms. The first-order valence-electron chi connectivity index (χ1n) is 6.27. The number of hydrogen-bond acceptors (Lipinski definition) is 3. The Morgan fingerprint density at radius 1 is 1.40 bits per heavy atom. The molecule has 3 unspecified atom stereocenters. The third-order valence-electron chi connectivity index (χ3n) is 3.79. The van der Waals surface area contributed by atoms with Crippen molar-refractivity contribution >= 4 is 0 Å². The number of nitrogens with zero attached hydrogens (tertiary/aromatic N) is 1. The molecule has 2 saturated heterocycles. The maximum Gasteiger partial charge on any atom is 0.0693 e. The van der Waals surface area contributed by atoms with Crippen molar-refractivity contribution in [3.63, 3.8) is 0 Å². The van der Waals surface area contributed by atoms with Gasteiger partial charge in [-0.05, 0) is 38.1 Å². The summed E-state index contributed by atoms with van der Waals surface area (Å²) in [5.74, 6) is 0.476. The number of aliphatic hydroxyl groups excluding tert-OH is 1. The molecule has 0 aromatic rings. The molecule has 2 rings (SSSR count). The molecule has 0 saturated carbocycles. The van der Waals surface area contributed by atoms with E-state index in [1.54, 1.807) is 0 Å². The van der Waals surface area contributed by atoms with Gasteiger partial charge in [-0.15, -0.1) is 0 Å². The lowest BCUT2D eigenvalue weighted by atomic mass is 9.96. The average Bonchev–Trinajstić information content (AvgIpc) is 2.73. The van der Waals surface area contributed by atoms with Gasteiger partial charge in [0.05, 0.1) is 12.2 Å². The topological polar surface area (TPSA) is 32.7 Å². The third-order valence-corrected chi connectivity index (χ3v) is 3.79. The number of piperidine rings is 1. The Balaban J connectivity index is 1.66. The van der Waals surface area contributed by atoms with Crippen LogP contribution in [0, 0.1) is 5.92 Å². The number of likely N-dealkylation sites (tertiary alicyclic amines) is 1. The molecule has 2 aliphatic rings. The standard InChI is InChI=1S/C12H23NO2/c1-10-4-6-13(9-12(10)14)7-5-11-3-2-8-15-11/h10-12,14H,2-9H2,1H3. The van der Waals surface area contributed by atoms with Crippen LogP contribution in [0.3, 0.4) is 0 Å². The molecule has 0 bridgehead atoms. The molecule has 0 aliphatic carbocycles. The van der Waals surface area contributed by atoms with Crippen molar-refractivity contribution in [2.45, 2.75) is 44.8 Å². The Labute approximate surface area is 92.4 Å². The van der Waals surface area contributed by atoms with E-state index in [4.69, 9.17) is 4.74 Å². The Morgan fingerprint density at radius 3 is 2.93 bits per heavy atom. The molecule has 2 fully saturated rings. The van der Waals surface area contributed by atoms with E-state index in [0.717, 1.165) is 39.1 Å². The second-order valence-corrected chi connectivity index (χ2v) is 5.06. The van der Waals surface area contributed by atoms with Crippen molar-refractivity contribution in [3.8, 4) is 0 Å². The molecule has 88 valence electrons. The number of ether oxygens (including phenoxy) is 1. The van der Waals surface area contributed by atoms with E-state index >= 15 is 0 Å². The van der Waals surface area contributed by atoms with Crippen molar-refractivity contribution in [1.29, 1.82) is 0 Å². The van der Waals surface area contributed by atoms with Gasteiger partial charge in [-0.3, -0.25) is 0 Å². The molecular formula is C12H23NO2. The highest BCUT2D eigenvalue weighted by atomic mass is 16.5. The highest BCUT2D eigenvalue weighted by Crippen LogP contribution is 2.19. The minimum atomic E-state index is -0.122. The van der Waals surface area contributed by atoms with E-state index < -0.39 is 0 Å². The van der Waals surface area contributed by atoms with Gasteiger partial charge in [0.1, 0.15) is 0 Å². The summed E-state index contributed by atoms with van der Waals surface area (Å²) in [7, 11) is 0. The second-order valence-electron chi connectivity index (χ2n) is 5.06. The van der Waals surface area contributed by atoms with Crippen LogP contribution >= 0.6 is 0 Å². The summed E-state index contributed by atoms with van der Waals surface area (Å²) in [5, 5.41) is 9.77. The molecule has 3 heteroatoms. The lowest BCUT2D eigenvalue weighted by Crippen LogP contribution is -2.43. The first-order chi connectivity index (χ1) is 7.25. The summed E-state index contributed by atoms with van der Waals surface area (Å²) < 4.78 is 5.60. The zero-order chi connectivity index (χ0) is 10.7. The number of aliphatic hydroxyl groups is 1. The molecular weight excluding hydrogens is 190 g/mol. The Hall–Kier alpha value is -0.120. The van der Waals surface area contributed by atoms with Gasteiger partial charge in [-0.1, -0.05) is 6.92 Å². The normalized spacial score (nSPS) is 38.4. The Kier molecular flexibility index (Phi) is 4.00. The van der Waals surface area contributed by atoms with Crippen LogP contribution in [0.4, 0.5) is 0 Å². The van der Waals surface area contributed by atoms with Gasteiger partial charge in [0.2, 0.25) is 0 Å². The van der Waals surface area contributed by atoms with E-state index in [9.17, 15) is 5.11 Å². The summed E-state index contributed by atoms with van der Waals surface area (Å²) in [6.07, 6.45) is 5.09. The van der Waals surface area contributed by atoms with Gasteiger partial charge < -0.3 is 14.7 Å². The van der Waals surface area contributed by atoms with Crippen LogP contribution in [-0.4, -0.2) is 48.5 Å². The number of hydrogen-bond donors (Lipinski definition) is 1. The zero-order valence-electron chi connectivity index (χ0n) is 9.69. The van der Waals surface area contributed by atoms with E-state index in [1.165, 1.54) is 12.8 Å². The fourth-order valence-electron chi connectivity index (χ4n) is 2.52. The van der Waals surface area contributed by atoms with Gasteiger partial charge in [-0.2, -0.15) is 0 Å². The van der Waals surface area contributed by atoms with E-state index in [2.05, 4.69) is 11.8 Å². The van der Waals surface area contributed by atoms with E-state index in [1.807, 2.05) is 0 Å². The monoisotopic (exact) mass is 213 g/mol. The molecule has 0 radical (unpaired) electrons. The Morgan fingerprint density at radius 2 is 2.27 bits per heavy atom. The van der Waals surface area contributed by atoms with Crippen LogP contribution in [0.2, 0.25) is 0 Å². The first-order valence-corrected chi connectivity index (χ1v) is 6.27. The van der Waals surface area contributed by atoms with Crippen LogP contribution in [-0.2, 0) is 4.74 Å². The molecule has 0 amide bonds. The minimum Gasteiger partial charge on any atom is -0.392 e. The molecule has 1 N–H and O–H groups in total. The summed E-state index contributed by atoms with van der Waals surface area (Å²) >= 11 is 0. The highest BCUT2D eigenvalue weighted by molar-refractivity contribution is 4.78. The summed E-state index contributed by atoms with van der Waals surface area (Å²) in [6.45, 7) is 6.18. The summed E-state index contributed by atoms with van der Waals surface area (Å²) in [4.78, 5) is 2.38. The van der Waals surface area contributed by atoms with E-state index in [-0.39, 0.29) is 6.10 Å². The largest absolute Gasteiger partial charge is 0.392 e. The maximum absolute atomic E-state index is 9.77. The van der Waals surface area contributed by atoms with Crippen molar-refractivity contribution in [2.75, 3.05) is 26.2 Å². The van der Waals surface area contributed by atoms with Crippen LogP contribution in [0.15, 0.2) is 0 Å². The van der Waals surface area contributed by atoms with Crippen LogP contribution < -0.4 is 0 Å². The SMILES string of the molecule is CC1CCN(CCC2CCCO2)CC1O. The summed E-state index contributed by atoms with van der Waals surface area (Å²) in [5.41, 5.74) is 0. The fraction of sp³-hybridized carbons (Fsp3) is 1.00. The average molecular weight is 213 g/mol. The van der Waals surface area contributed by atoms with Crippen molar-refractivity contribution < 1.29 is 9.84 Å². The highest BCUT2D eigenvalue weighted by Gasteiger charge is 2.25. The predicted molar refractivity (Wildman–Crippen MR) is 59.8 cm³/mol. The predicted octanol–water partition coefficient (Wildman–Crippen LogP) is 1.26. The molecule has 2 aliphatic heterocycles. The zero-order valence-corrected chi connectivity index (χ0v) is 9.69. The van der Waals surface area contributed by atoms with Gasteiger partial charge in [0.25, 0.3) is 0 Å². The molecule has 0 aromatic carbocycles. The number of rotatable bonds is 3. The van der Waals surface area contributed by atoms with Crippen molar-refractivity contribution in [2.24, 2.45) is 5.92 Å². The number of β-amino-alcohol motifs (C(OH)–C–C–N with tert-alkyl or cyclic N) is 1. The van der Waals surface area contributed by atoms with Crippen molar-refractivity contribution in [3.05, 3.63) is 0 Å². The second kappa shape index (κ2) is 5.28. The van der Waals surface area contributed by atoms with Gasteiger partial charge in [0, 0.05) is 19.7 Å². The van der Waals surface area contributed by atoms with Gasteiger partial charge in [-0.25, -0.2) is 0 Å². The first kappa shape index (κ1) is 11.4. The van der Waals surface area contributed by atoms with Crippen molar-refractivity contribution in [1.82, 2.24) is 4.90 Å². The third kappa shape index (κ3) is 3.16. The maximum atomic E-state index is 9.77. The molecule has 3 atom stereocenters. The van der Waals surface area contributed by atoms with Crippen LogP contribution in [0.5, 0.6) is 0 Å². The summed E-state index contributed by atoms with van der Waals surface area (Å²) in [6, 6.07) is 0. The van der Waals surface area contributed by atoms with Crippen LogP contribution in [0.1, 0.15) is 32.6 Å². The molecule has 2 heterocycles. The quantitative estimate of drug-likeness (QED) is 0.766. The molecule has 3 nitrogen and oxygen atoms in total. The lowest BCUT2D eigenvalue weighted by Gasteiger charge is -2.34. The molecule has 0 aromatic heterocycles. The smallest absolute Gasteiger partial charge is 0.0693 e. The van der Waals surface area contributed by atoms with E-state index in [0.29, 0.717) is 12.0 Å². The minimum absolute atomic E-state index is 0.122. The van der Waals surface area contributed by atoms with Gasteiger partial charge >= 0.3 is 0 Å².